The molecule has 1 atom stereocenters. The van der Waals surface area contributed by atoms with Crippen LogP contribution < -0.4 is 10.6 Å². The molecular formula is C14H19F3N4O3. The second-order valence-corrected chi connectivity index (χ2v) is 5.93. The topological polar surface area (TPSA) is 96.2 Å². The summed E-state index contributed by atoms with van der Waals surface area (Å²) in [5, 5.41) is 17.0. The van der Waals surface area contributed by atoms with Gasteiger partial charge in [0, 0.05) is 24.8 Å². The molecule has 1 aromatic heterocycles. The van der Waals surface area contributed by atoms with Crippen LogP contribution in [0, 0.1) is 5.92 Å². The van der Waals surface area contributed by atoms with Gasteiger partial charge in [0.15, 0.2) is 6.04 Å². The van der Waals surface area contributed by atoms with Gasteiger partial charge in [0.25, 0.3) is 0 Å². The fourth-order valence-electron chi connectivity index (χ4n) is 2.79. The highest BCUT2D eigenvalue weighted by Crippen LogP contribution is 2.32. The highest BCUT2D eigenvalue weighted by Gasteiger charge is 2.43. The van der Waals surface area contributed by atoms with E-state index >= 15 is 0 Å². The van der Waals surface area contributed by atoms with Crippen LogP contribution in [0.1, 0.15) is 37.3 Å². The van der Waals surface area contributed by atoms with Gasteiger partial charge in [-0.25, -0.2) is 4.79 Å². The van der Waals surface area contributed by atoms with Crippen molar-refractivity contribution >= 4 is 12.0 Å². The second-order valence-electron chi connectivity index (χ2n) is 5.93. The fraction of sp³-hybridized carbons (Fsp3) is 0.643. The van der Waals surface area contributed by atoms with E-state index in [0.717, 1.165) is 6.20 Å². The average molecular weight is 348 g/mol. The summed E-state index contributed by atoms with van der Waals surface area (Å²) in [7, 11) is 1.48. The zero-order valence-electron chi connectivity index (χ0n) is 13.0. The summed E-state index contributed by atoms with van der Waals surface area (Å²) < 4.78 is 40.7. The van der Waals surface area contributed by atoms with Crippen molar-refractivity contribution in [1.29, 1.82) is 0 Å². The number of carbonyl (C=O) groups excluding carboxylic acids is 1. The molecule has 0 spiro atoms. The number of aromatic nitrogens is 2. The van der Waals surface area contributed by atoms with E-state index in [4.69, 9.17) is 5.11 Å². The van der Waals surface area contributed by atoms with Gasteiger partial charge in [0.2, 0.25) is 0 Å². The zero-order chi connectivity index (χ0) is 17.9. The fourth-order valence-corrected chi connectivity index (χ4v) is 2.79. The highest BCUT2D eigenvalue weighted by atomic mass is 19.4. The number of aryl methyl sites for hydroxylation is 1. The number of alkyl halides is 3. The first-order valence-electron chi connectivity index (χ1n) is 7.52. The van der Waals surface area contributed by atoms with E-state index < -0.39 is 30.1 Å². The van der Waals surface area contributed by atoms with Gasteiger partial charge in [-0.15, -0.1) is 0 Å². The Labute approximate surface area is 136 Å². The van der Waals surface area contributed by atoms with Gasteiger partial charge in [-0.05, 0) is 25.7 Å². The molecule has 0 bridgehead atoms. The van der Waals surface area contributed by atoms with Crippen molar-refractivity contribution in [2.24, 2.45) is 13.0 Å². The molecule has 2 rings (SSSR count). The van der Waals surface area contributed by atoms with Crippen LogP contribution in [-0.2, 0) is 11.8 Å². The van der Waals surface area contributed by atoms with Crippen molar-refractivity contribution in [3.8, 4) is 0 Å². The van der Waals surface area contributed by atoms with E-state index in [2.05, 4.69) is 10.4 Å². The summed E-state index contributed by atoms with van der Waals surface area (Å²) in [5.41, 5.74) is -0.158. The maximum Gasteiger partial charge on any atom is 0.413 e. The Morgan fingerprint density at radius 1 is 1.33 bits per heavy atom. The van der Waals surface area contributed by atoms with Gasteiger partial charge in [-0.3, -0.25) is 9.48 Å². The quantitative estimate of drug-likeness (QED) is 0.775. The number of carbonyl (C=O) groups is 2. The van der Waals surface area contributed by atoms with Crippen LogP contribution in [0.25, 0.3) is 0 Å². The SMILES string of the molecule is Cn1cc(C(NC(=O)NC2CCC(C(=O)O)CC2)C(F)(F)F)cn1. The monoisotopic (exact) mass is 348 g/mol. The number of rotatable bonds is 4. The predicted octanol–water partition coefficient (Wildman–Crippen LogP) is 1.97. The van der Waals surface area contributed by atoms with E-state index in [1.807, 2.05) is 5.32 Å². The summed E-state index contributed by atoms with van der Waals surface area (Å²) in [6.07, 6.45) is -0.770. The van der Waals surface area contributed by atoms with E-state index in [-0.39, 0.29) is 11.6 Å². The lowest BCUT2D eigenvalue weighted by Gasteiger charge is -2.28. The highest BCUT2D eigenvalue weighted by molar-refractivity contribution is 5.75. The molecule has 1 heterocycles. The lowest BCUT2D eigenvalue weighted by Crippen LogP contribution is -2.48. The maximum atomic E-state index is 13.1. The molecule has 10 heteroatoms. The third kappa shape index (κ3) is 4.62. The minimum absolute atomic E-state index is 0.158. The molecule has 1 aromatic rings. The van der Waals surface area contributed by atoms with E-state index in [9.17, 15) is 22.8 Å². The third-order valence-electron chi connectivity index (χ3n) is 4.07. The average Bonchev–Trinajstić information content (AvgIpc) is 2.90. The lowest BCUT2D eigenvalue weighted by molar-refractivity contribution is -0.155. The molecule has 0 saturated heterocycles. The molecule has 0 radical (unpaired) electrons. The number of hydrogen-bond donors (Lipinski definition) is 3. The molecule has 24 heavy (non-hydrogen) atoms. The van der Waals surface area contributed by atoms with Gasteiger partial charge in [0.05, 0.1) is 12.1 Å². The minimum atomic E-state index is -4.65. The van der Waals surface area contributed by atoms with E-state index in [1.54, 1.807) is 0 Å². The van der Waals surface area contributed by atoms with Crippen molar-refractivity contribution in [3.63, 3.8) is 0 Å². The van der Waals surface area contributed by atoms with Gasteiger partial charge < -0.3 is 15.7 Å². The molecule has 3 N–H and O–H groups in total. The zero-order valence-corrected chi connectivity index (χ0v) is 13.0. The Kier molecular flexibility index (Phi) is 5.35. The summed E-state index contributed by atoms with van der Waals surface area (Å²) in [5.74, 6) is -1.34. The minimum Gasteiger partial charge on any atom is -0.481 e. The number of amides is 2. The summed E-state index contributed by atoms with van der Waals surface area (Å²) >= 11 is 0. The molecule has 1 fully saturated rings. The number of urea groups is 1. The molecule has 1 saturated carbocycles. The number of halogens is 3. The van der Waals surface area contributed by atoms with Crippen LogP contribution in [-0.4, -0.2) is 39.1 Å². The Balaban J connectivity index is 1.93. The molecule has 1 aliphatic rings. The van der Waals surface area contributed by atoms with Crippen molar-refractivity contribution in [3.05, 3.63) is 18.0 Å². The Morgan fingerprint density at radius 2 is 1.96 bits per heavy atom. The molecule has 2 amide bonds. The first-order chi connectivity index (χ1) is 11.2. The normalized spacial score (nSPS) is 22.7. The first-order valence-corrected chi connectivity index (χ1v) is 7.52. The predicted molar refractivity (Wildman–Crippen MR) is 77.1 cm³/mol. The van der Waals surface area contributed by atoms with Crippen LogP contribution in [0.15, 0.2) is 12.4 Å². The van der Waals surface area contributed by atoms with Crippen LogP contribution in [0.3, 0.4) is 0 Å². The van der Waals surface area contributed by atoms with Gasteiger partial charge >= 0.3 is 18.2 Å². The Bertz CT molecular complexity index is 594. The Hall–Kier alpha value is -2.26. The molecular weight excluding hydrogens is 329 g/mol. The summed E-state index contributed by atoms with van der Waals surface area (Å²) in [6.45, 7) is 0. The molecule has 0 aliphatic heterocycles. The molecule has 0 aromatic carbocycles. The van der Waals surface area contributed by atoms with Gasteiger partial charge in [0.1, 0.15) is 0 Å². The van der Waals surface area contributed by atoms with E-state index in [0.29, 0.717) is 25.7 Å². The molecule has 1 unspecified atom stereocenters. The first kappa shape index (κ1) is 18.1. The van der Waals surface area contributed by atoms with Crippen molar-refractivity contribution < 1.29 is 27.9 Å². The van der Waals surface area contributed by atoms with Gasteiger partial charge in [-0.2, -0.15) is 18.3 Å². The summed E-state index contributed by atoms with van der Waals surface area (Å²) in [6, 6.07) is -3.41. The standard InChI is InChI=1S/C14H19F3N4O3/c1-21-7-9(6-18-21)11(14(15,16)17)20-13(24)19-10-4-2-8(3-5-10)12(22)23/h6-8,10-11H,2-5H2,1H3,(H,22,23)(H2,19,20,24). The smallest absolute Gasteiger partial charge is 0.413 e. The molecule has 1 aliphatic carbocycles. The number of carboxylic acids is 1. The van der Waals surface area contributed by atoms with Crippen LogP contribution >= 0.6 is 0 Å². The van der Waals surface area contributed by atoms with Crippen molar-refractivity contribution in [2.45, 2.75) is 43.9 Å². The third-order valence-corrected chi connectivity index (χ3v) is 4.07. The number of nitrogens with zero attached hydrogens (tertiary/aromatic N) is 2. The largest absolute Gasteiger partial charge is 0.481 e. The Morgan fingerprint density at radius 3 is 2.42 bits per heavy atom. The van der Waals surface area contributed by atoms with Crippen LogP contribution in [0.4, 0.5) is 18.0 Å². The number of carboxylic acid groups (broad SMARTS) is 1. The van der Waals surface area contributed by atoms with Crippen molar-refractivity contribution in [2.75, 3.05) is 0 Å². The van der Waals surface area contributed by atoms with Gasteiger partial charge in [-0.1, -0.05) is 0 Å². The molecule has 7 nitrogen and oxygen atoms in total. The number of nitrogens with one attached hydrogen (secondary N) is 2. The second kappa shape index (κ2) is 7.10. The van der Waals surface area contributed by atoms with Crippen LogP contribution in [0.5, 0.6) is 0 Å². The number of hydrogen-bond acceptors (Lipinski definition) is 3. The maximum absolute atomic E-state index is 13.1. The van der Waals surface area contributed by atoms with Crippen molar-refractivity contribution in [1.82, 2.24) is 20.4 Å². The van der Waals surface area contributed by atoms with E-state index in [1.165, 1.54) is 17.9 Å². The molecule has 134 valence electrons. The van der Waals surface area contributed by atoms with Crippen LogP contribution in [0.2, 0.25) is 0 Å². The summed E-state index contributed by atoms with van der Waals surface area (Å²) in [4.78, 5) is 22.8. The lowest BCUT2D eigenvalue weighted by atomic mass is 9.86. The number of aliphatic carboxylic acids is 1.